The first-order valence-electron chi connectivity index (χ1n) is 10.6. The van der Waals surface area contributed by atoms with Gasteiger partial charge in [-0.2, -0.15) is 18.4 Å². The first-order chi connectivity index (χ1) is 16.5. The number of halogens is 7. The van der Waals surface area contributed by atoms with Gasteiger partial charge >= 0.3 is 6.18 Å². The molecule has 1 fully saturated rings. The van der Waals surface area contributed by atoms with Gasteiger partial charge < -0.3 is 5.32 Å². The Kier molecular flexibility index (Phi) is 9.53. The molecule has 0 spiro atoms. The standard InChI is InChI=1S/C24H20BrCl3F3N3O/c25-19-11-14(1-3-17(19)23(35)33-16-5-8-34(9-6-16)10-7-32)2-4-18(24(29,30)31)15-12-20(26)22(28)21(27)13-15/h1-4,11-13,16,18H,5-6,8-10H2,(H,33,35). The molecule has 0 aromatic heterocycles. The van der Waals surface area contributed by atoms with Gasteiger partial charge in [-0.3, -0.25) is 9.69 Å². The Morgan fingerprint density at radius 3 is 2.37 bits per heavy atom. The number of rotatable bonds is 6. The Hall–Kier alpha value is -1.76. The van der Waals surface area contributed by atoms with Crippen molar-refractivity contribution in [2.75, 3.05) is 19.6 Å². The fraction of sp³-hybridized carbons (Fsp3) is 0.333. The minimum Gasteiger partial charge on any atom is -0.349 e. The van der Waals surface area contributed by atoms with Crippen LogP contribution in [0.15, 0.2) is 40.9 Å². The summed E-state index contributed by atoms with van der Waals surface area (Å²) in [6, 6.07) is 9.11. The van der Waals surface area contributed by atoms with Crippen molar-refractivity contribution in [1.82, 2.24) is 10.2 Å². The summed E-state index contributed by atoms with van der Waals surface area (Å²) in [7, 11) is 0. The number of nitrogens with zero attached hydrogens (tertiary/aromatic N) is 2. The minimum atomic E-state index is -4.59. The second-order valence-corrected chi connectivity index (χ2v) is 10.1. The van der Waals surface area contributed by atoms with Gasteiger partial charge in [-0.05, 0) is 64.2 Å². The summed E-state index contributed by atoms with van der Waals surface area (Å²) in [5, 5.41) is 11.6. The van der Waals surface area contributed by atoms with E-state index >= 15 is 0 Å². The molecule has 0 bridgehead atoms. The molecule has 0 aliphatic carbocycles. The Labute approximate surface area is 224 Å². The maximum Gasteiger partial charge on any atom is 0.399 e. The number of carbonyl (C=O) groups excluding carboxylic acids is 1. The lowest BCUT2D eigenvalue weighted by Crippen LogP contribution is -2.44. The van der Waals surface area contributed by atoms with Gasteiger partial charge in [0.05, 0.1) is 39.2 Å². The van der Waals surface area contributed by atoms with Crippen LogP contribution in [0.3, 0.4) is 0 Å². The molecule has 1 N–H and O–H groups in total. The summed E-state index contributed by atoms with van der Waals surface area (Å²) in [6.45, 7) is 1.83. The Morgan fingerprint density at radius 1 is 1.20 bits per heavy atom. The molecule has 3 rings (SSSR count). The zero-order valence-corrected chi connectivity index (χ0v) is 22.0. The van der Waals surface area contributed by atoms with Crippen molar-refractivity contribution >= 4 is 62.7 Å². The molecule has 1 atom stereocenters. The lowest BCUT2D eigenvalue weighted by molar-refractivity contribution is -0.139. The third-order valence-corrected chi connectivity index (χ3v) is 7.51. The third kappa shape index (κ3) is 7.37. The molecule has 2 aromatic rings. The predicted molar refractivity (Wildman–Crippen MR) is 136 cm³/mol. The van der Waals surface area contributed by atoms with Crippen LogP contribution in [0, 0.1) is 11.3 Å². The van der Waals surface area contributed by atoms with Gasteiger partial charge in [0.1, 0.15) is 0 Å². The van der Waals surface area contributed by atoms with Gasteiger partial charge in [-0.1, -0.05) is 53.0 Å². The third-order valence-electron chi connectivity index (χ3n) is 5.65. The summed E-state index contributed by atoms with van der Waals surface area (Å²) in [5.41, 5.74) is 0.716. The van der Waals surface area contributed by atoms with Gasteiger partial charge in [-0.25, -0.2) is 0 Å². The summed E-state index contributed by atoms with van der Waals surface area (Å²) in [5.74, 6) is -2.23. The normalized spacial score (nSPS) is 16.3. The van der Waals surface area contributed by atoms with E-state index in [1.165, 1.54) is 6.08 Å². The topological polar surface area (TPSA) is 56.1 Å². The number of piperidine rings is 1. The van der Waals surface area contributed by atoms with Gasteiger partial charge in [-0.15, -0.1) is 0 Å². The largest absolute Gasteiger partial charge is 0.399 e. The Morgan fingerprint density at radius 2 is 1.83 bits per heavy atom. The first kappa shape index (κ1) is 27.8. The lowest BCUT2D eigenvalue weighted by Gasteiger charge is -2.30. The molecule has 11 heteroatoms. The maximum absolute atomic E-state index is 13.8. The highest BCUT2D eigenvalue weighted by Gasteiger charge is 2.39. The van der Waals surface area contributed by atoms with E-state index in [1.54, 1.807) is 18.2 Å². The van der Waals surface area contributed by atoms with Crippen LogP contribution >= 0.6 is 50.7 Å². The number of hydrogen-bond acceptors (Lipinski definition) is 3. The number of likely N-dealkylation sites (tertiary alicyclic amines) is 1. The van der Waals surface area contributed by atoms with Crippen molar-refractivity contribution in [3.8, 4) is 6.07 Å². The average molecular weight is 610 g/mol. The minimum absolute atomic E-state index is 0.00511. The molecule has 35 heavy (non-hydrogen) atoms. The van der Waals surface area contributed by atoms with Crippen LogP contribution in [0.1, 0.15) is 40.2 Å². The van der Waals surface area contributed by atoms with Crippen molar-refractivity contribution in [3.63, 3.8) is 0 Å². The highest BCUT2D eigenvalue weighted by Crippen LogP contribution is 2.41. The lowest BCUT2D eigenvalue weighted by atomic mass is 9.97. The summed E-state index contributed by atoms with van der Waals surface area (Å²) < 4.78 is 41.7. The van der Waals surface area contributed by atoms with Crippen molar-refractivity contribution < 1.29 is 18.0 Å². The van der Waals surface area contributed by atoms with Crippen LogP contribution in [0.2, 0.25) is 15.1 Å². The van der Waals surface area contributed by atoms with Crippen LogP contribution in [0.5, 0.6) is 0 Å². The molecule has 2 aromatic carbocycles. The fourth-order valence-corrected chi connectivity index (χ4v) is 4.98. The molecule has 1 heterocycles. The monoisotopic (exact) mass is 607 g/mol. The fourth-order valence-electron chi connectivity index (χ4n) is 3.79. The molecule has 1 aliphatic rings. The van der Waals surface area contributed by atoms with Gasteiger partial charge in [0, 0.05) is 23.6 Å². The van der Waals surface area contributed by atoms with Crippen LogP contribution in [0.25, 0.3) is 6.08 Å². The SMILES string of the molecule is N#CCN1CCC(NC(=O)c2ccc(C=CC(c3cc(Cl)c(Cl)c(Cl)c3)C(F)(F)F)cc2Br)CC1. The van der Waals surface area contributed by atoms with Crippen molar-refractivity contribution in [1.29, 1.82) is 5.26 Å². The average Bonchev–Trinajstić information content (AvgIpc) is 2.78. The summed E-state index contributed by atoms with van der Waals surface area (Å²) >= 11 is 21.1. The Balaban J connectivity index is 1.73. The highest BCUT2D eigenvalue weighted by molar-refractivity contribution is 9.10. The number of benzene rings is 2. The number of nitriles is 1. The molecule has 0 saturated carbocycles. The first-order valence-corrected chi connectivity index (χ1v) is 12.5. The van der Waals surface area contributed by atoms with Crippen molar-refractivity contribution in [2.45, 2.75) is 31.0 Å². The van der Waals surface area contributed by atoms with E-state index in [0.29, 0.717) is 22.1 Å². The maximum atomic E-state index is 13.8. The van der Waals surface area contributed by atoms with Crippen LogP contribution in [-0.4, -0.2) is 42.7 Å². The van der Waals surface area contributed by atoms with Crippen molar-refractivity contribution in [3.05, 3.63) is 72.6 Å². The van der Waals surface area contributed by atoms with Gasteiger partial charge in [0.15, 0.2) is 0 Å². The molecule has 4 nitrogen and oxygen atoms in total. The number of carbonyl (C=O) groups is 1. The smallest absolute Gasteiger partial charge is 0.349 e. The van der Waals surface area contributed by atoms with Crippen LogP contribution < -0.4 is 5.32 Å². The molecule has 1 amide bonds. The van der Waals surface area contributed by atoms with E-state index in [4.69, 9.17) is 40.1 Å². The van der Waals surface area contributed by atoms with Gasteiger partial charge in [0.2, 0.25) is 0 Å². The molecular weight excluding hydrogens is 590 g/mol. The van der Waals surface area contributed by atoms with E-state index in [-0.39, 0.29) is 32.6 Å². The number of hydrogen-bond donors (Lipinski definition) is 1. The quantitative estimate of drug-likeness (QED) is 0.273. The van der Waals surface area contributed by atoms with E-state index in [2.05, 4.69) is 27.3 Å². The van der Waals surface area contributed by atoms with E-state index in [1.807, 2.05) is 4.90 Å². The molecule has 186 valence electrons. The molecule has 0 radical (unpaired) electrons. The molecule has 1 unspecified atom stereocenters. The van der Waals surface area contributed by atoms with E-state index in [9.17, 15) is 18.0 Å². The zero-order valence-electron chi connectivity index (χ0n) is 18.2. The number of alkyl halides is 3. The van der Waals surface area contributed by atoms with Crippen LogP contribution in [-0.2, 0) is 0 Å². The van der Waals surface area contributed by atoms with Crippen molar-refractivity contribution in [2.24, 2.45) is 0 Å². The molecule has 1 aliphatic heterocycles. The number of nitrogens with one attached hydrogen (secondary N) is 1. The van der Waals surface area contributed by atoms with Crippen LogP contribution in [0.4, 0.5) is 13.2 Å². The second kappa shape index (κ2) is 12.0. The Bertz CT molecular complexity index is 1140. The van der Waals surface area contributed by atoms with E-state index < -0.39 is 12.1 Å². The molecule has 1 saturated heterocycles. The molecular formula is C24H20BrCl3F3N3O. The number of allylic oxidation sites excluding steroid dienone is 1. The zero-order chi connectivity index (χ0) is 25.8. The van der Waals surface area contributed by atoms with Gasteiger partial charge in [0.25, 0.3) is 5.91 Å². The van der Waals surface area contributed by atoms with E-state index in [0.717, 1.165) is 44.1 Å². The summed E-state index contributed by atoms with van der Waals surface area (Å²) in [4.78, 5) is 14.7. The second-order valence-electron chi connectivity index (χ2n) is 8.10. The highest BCUT2D eigenvalue weighted by atomic mass is 79.9. The summed E-state index contributed by atoms with van der Waals surface area (Å²) in [6.07, 6.45) is -0.776. The number of amides is 1. The predicted octanol–water partition coefficient (Wildman–Crippen LogP) is 7.49.